The number of likely N-dealkylation sites (N-methyl/N-ethyl adjacent to an activating group) is 1. The molecule has 37 heavy (non-hydrogen) atoms. The van der Waals surface area contributed by atoms with Gasteiger partial charge in [0.25, 0.3) is 11.5 Å². The number of likely N-dealkylation sites (tertiary alicyclic amines) is 1. The number of carbonyl (C=O) groups excluding carboxylic acids is 2. The minimum absolute atomic E-state index is 0.160. The summed E-state index contributed by atoms with van der Waals surface area (Å²) in [5.74, 6) is -0.349. The minimum atomic E-state index is -1.01. The van der Waals surface area contributed by atoms with E-state index in [0.29, 0.717) is 34.6 Å². The van der Waals surface area contributed by atoms with Gasteiger partial charge < -0.3 is 14.9 Å². The van der Waals surface area contributed by atoms with Crippen molar-refractivity contribution in [3.05, 3.63) is 74.8 Å². The maximum atomic E-state index is 13.2. The van der Waals surface area contributed by atoms with Crippen LogP contribution in [0.3, 0.4) is 0 Å². The summed E-state index contributed by atoms with van der Waals surface area (Å²) in [5, 5.41) is 19.3. The van der Waals surface area contributed by atoms with Crippen LogP contribution >= 0.6 is 11.6 Å². The number of halogens is 1. The molecule has 1 aromatic heterocycles. The van der Waals surface area contributed by atoms with E-state index in [9.17, 15) is 19.5 Å². The zero-order valence-corrected chi connectivity index (χ0v) is 21.5. The van der Waals surface area contributed by atoms with Crippen LogP contribution in [-0.4, -0.2) is 62.5 Å². The van der Waals surface area contributed by atoms with Gasteiger partial charge >= 0.3 is 0 Å². The van der Waals surface area contributed by atoms with Gasteiger partial charge in [-0.25, -0.2) is 4.98 Å². The quantitative estimate of drug-likeness (QED) is 0.532. The second-order valence-electron chi connectivity index (χ2n) is 9.41. The fourth-order valence-corrected chi connectivity index (χ4v) is 4.86. The molecule has 1 saturated heterocycles. The summed E-state index contributed by atoms with van der Waals surface area (Å²) in [6.45, 7) is 2.69. The molecule has 0 bridgehead atoms. The third kappa shape index (κ3) is 5.82. The molecule has 192 valence electrons. The van der Waals surface area contributed by atoms with E-state index < -0.39 is 6.10 Å². The molecular formula is C27H28ClN5O4. The van der Waals surface area contributed by atoms with Gasteiger partial charge in [0.2, 0.25) is 5.91 Å². The van der Waals surface area contributed by atoms with Crippen molar-refractivity contribution in [3.8, 4) is 6.07 Å². The van der Waals surface area contributed by atoms with Crippen LogP contribution in [0, 0.1) is 11.3 Å². The van der Waals surface area contributed by atoms with E-state index in [0.717, 1.165) is 24.0 Å². The number of benzene rings is 2. The third-order valence-corrected chi connectivity index (χ3v) is 7.10. The summed E-state index contributed by atoms with van der Waals surface area (Å²) in [6, 6.07) is 12.6. The zero-order valence-electron chi connectivity index (χ0n) is 20.7. The number of aliphatic hydroxyl groups excluding tert-OH is 1. The average molecular weight is 522 g/mol. The summed E-state index contributed by atoms with van der Waals surface area (Å²) in [7, 11) is 1.64. The predicted molar refractivity (Wildman–Crippen MR) is 139 cm³/mol. The Labute approximate surface area is 219 Å². The van der Waals surface area contributed by atoms with Gasteiger partial charge in [0.1, 0.15) is 18.7 Å². The van der Waals surface area contributed by atoms with Crippen molar-refractivity contribution in [1.82, 2.24) is 19.4 Å². The number of fused-ring (bicyclic) bond motifs is 1. The number of piperidine rings is 1. The fraction of sp³-hybridized carbons (Fsp3) is 0.370. The molecule has 1 fully saturated rings. The highest BCUT2D eigenvalue weighted by Crippen LogP contribution is 2.29. The Kier molecular flexibility index (Phi) is 7.91. The van der Waals surface area contributed by atoms with Crippen LogP contribution in [0.4, 0.5) is 0 Å². The van der Waals surface area contributed by atoms with Gasteiger partial charge in [-0.05, 0) is 61.1 Å². The normalized spacial score (nSPS) is 14.8. The van der Waals surface area contributed by atoms with Gasteiger partial charge in [-0.2, -0.15) is 5.26 Å². The first-order valence-electron chi connectivity index (χ1n) is 12.1. The Morgan fingerprint density at radius 2 is 1.97 bits per heavy atom. The third-order valence-electron chi connectivity index (χ3n) is 6.79. The molecule has 2 heterocycles. The number of aliphatic hydroxyl groups is 1. The van der Waals surface area contributed by atoms with E-state index in [4.69, 9.17) is 16.9 Å². The SMILES string of the molecule is C[C@@H](O)C(=O)N1CCC(c2ccc3ncn(CC(=O)N(C)Cc4ccc(C#N)c(Cl)c4)c(=O)c3c2)CC1. The minimum Gasteiger partial charge on any atom is -0.384 e. The van der Waals surface area contributed by atoms with Crippen LogP contribution in [0.2, 0.25) is 5.02 Å². The van der Waals surface area contributed by atoms with E-state index >= 15 is 0 Å². The highest BCUT2D eigenvalue weighted by Gasteiger charge is 2.26. The molecule has 10 heteroatoms. The Morgan fingerprint density at radius 1 is 1.24 bits per heavy atom. The van der Waals surface area contributed by atoms with Crippen molar-refractivity contribution in [1.29, 1.82) is 5.26 Å². The van der Waals surface area contributed by atoms with Crippen LogP contribution in [0.15, 0.2) is 47.5 Å². The van der Waals surface area contributed by atoms with E-state index in [1.54, 1.807) is 30.1 Å². The Hall–Kier alpha value is -3.74. The number of hydrogen-bond acceptors (Lipinski definition) is 6. The largest absolute Gasteiger partial charge is 0.384 e. The number of rotatable bonds is 6. The summed E-state index contributed by atoms with van der Waals surface area (Å²) in [6.07, 6.45) is 1.85. The fourth-order valence-electron chi connectivity index (χ4n) is 4.62. The maximum Gasteiger partial charge on any atom is 0.261 e. The number of aromatic nitrogens is 2. The molecule has 1 aliphatic rings. The molecule has 0 aliphatic carbocycles. The molecule has 1 N–H and O–H groups in total. The van der Waals surface area contributed by atoms with Crippen molar-refractivity contribution < 1.29 is 14.7 Å². The van der Waals surface area contributed by atoms with Crippen molar-refractivity contribution in [3.63, 3.8) is 0 Å². The number of amides is 2. The van der Waals surface area contributed by atoms with Gasteiger partial charge in [0.15, 0.2) is 0 Å². The highest BCUT2D eigenvalue weighted by atomic mass is 35.5. The topological polar surface area (TPSA) is 120 Å². The molecule has 0 spiro atoms. The lowest BCUT2D eigenvalue weighted by Crippen LogP contribution is -2.42. The molecule has 2 amide bonds. The Morgan fingerprint density at radius 3 is 2.62 bits per heavy atom. The van der Waals surface area contributed by atoms with Gasteiger partial charge in [0, 0.05) is 26.7 Å². The number of nitriles is 1. The van der Waals surface area contributed by atoms with Crippen LogP contribution in [0.25, 0.3) is 10.9 Å². The van der Waals surface area contributed by atoms with Gasteiger partial charge in [0.05, 0.1) is 27.8 Å². The monoisotopic (exact) mass is 521 g/mol. The summed E-state index contributed by atoms with van der Waals surface area (Å²) >= 11 is 6.09. The van der Waals surface area contributed by atoms with Gasteiger partial charge in [-0.3, -0.25) is 19.0 Å². The maximum absolute atomic E-state index is 13.2. The second-order valence-corrected chi connectivity index (χ2v) is 9.81. The first kappa shape index (κ1) is 26.3. The molecule has 1 aliphatic heterocycles. The summed E-state index contributed by atoms with van der Waals surface area (Å²) in [4.78, 5) is 45.7. The van der Waals surface area contributed by atoms with Crippen LogP contribution in [0.5, 0.6) is 0 Å². The smallest absolute Gasteiger partial charge is 0.261 e. The number of nitrogens with zero attached hydrogens (tertiary/aromatic N) is 5. The molecule has 3 aromatic rings. The van der Waals surface area contributed by atoms with E-state index in [-0.39, 0.29) is 36.4 Å². The zero-order chi connectivity index (χ0) is 26.7. The molecule has 4 rings (SSSR count). The van der Waals surface area contributed by atoms with Gasteiger partial charge in [-0.15, -0.1) is 0 Å². The molecule has 1 atom stereocenters. The lowest BCUT2D eigenvalue weighted by Gasteiger charge is -2.33. The van der Waals surface area contributed by atoms with E-state index in [2.05, 4.69) is 4.98 Å². The second kappa shape index (κ2) is 11.1. The van der Waals surface area contributed by atoms with E-state index in [1.807, 2.05) is 24.3 Å². The Bertz CT molecular complexity index is 1440. The van der Waals surface area contributed by atoms with Crippen molar-refractivity contribution in [2.24, 2.45) is 0 Å². The Balaban J connectivity index is 1.47. The number of carbonyl (C=O) groups is 2. The first-order valence-corrected chi connectivity index (χ1v) is 12.4. The van der Waals surface area contributed by atoms with Crippen molar-refractivity contribution in [2.75, 3.05) is 20.1 Å². The number of hydrogen-bond donors (Lipinski definition) is 1. The molecule has 9 nitrogen and oxygen atoms in total. The molecule has 2 aromatic carbocycles. The van der Waals surface area contributed by atoms with Gasteiger partial charge in [-0.1, -0.05) is 23.7 Å². The van der Waals surface area contributed by atoms with Crippen LogP contribution < -0.4 is 5.56 Å². The standard InChI is InChI=1S/C27H28ClN5O4/c1-17(34)26(36)32-9-7-19(8-10-32)20-5-6-24-22(12-20)27(37)33(16-30-24)15-25(35)31(2)14-18-3-4-21(13-29)23(28)11-18/h3-6,11-12,16-17,19,34H,7-10,14-15H2,1-2H3/t17-/m1/s1. The van der Waals surface area contributed by atoms with Crippen LogP contribution in [0.1, 0.15) is 42.4 Å². The lowest BCUT2D eigenvalue weighted by atomic mass is 9.88. The highest BCUT2D eigenvalue weighted by molar-refractivity contribution is 6.31. The molecule has 0 saturated carbocycles. The molecule has 0 radical (unpaired) electrons. The van der Waals surface area contributed by atoms with Crippen molar-refractivity contribution >= 4 is 34.3 Å². The predicted octanol–water partition coefficient (Wildman–Crippen LogP) is 2.67. The molecular weight excluding hydrogens is 494 g/mol. The van der Waals surface area contributed by atoms with Crippen LogP contribution in [-0.2, 0) is 22.7 Å². The molecule has 0 unspecified atom stereocenters. The van der Waals surface area contributed by atoms with E-state index in [1.165, 1.54) is 22.7 Å². The average Bonchev–Trinajstić information content (AvgIpc) is 2.89. The van der Waals surface area contributed by atoms with Crippen molar-refractivity contribution in [2.45, 2.75) is 44.9 Å². The lowest BCUT2D eigenvalue weighted by molar-refractivity contribution is -0.140. The summed E-state index contributed by atoms with van der Waals surface area (Å²) < 4.78 is 1.31. The summed E-state index contributed by atoms with van der Waals surface area (Å²) in [5.41, 5.74) is 2.40. The first-order chi connectivity index (χ1) is 17.7.